The zero-order valence-corrected chi connectivity index (χ0v) is 19.2. The van der Waals surface area contributed by atoms with Gasteiger partial charge in [-0.05, 0) is 62.6 Å². The van der Waals surface area contributed by atoms with Gasteiger partial charge in [-0.2, -0.15) is 0 Å². The number of ether oxygens (including phenoxy) is 1. The molecule has 2 aromatic carbocycles. The Morgan fingerprint density at radius 1 is 1.16 bits per heavy atom. The van der Waals surface area contributed by atoms with E-state index in [-0.39, 0.29) is 23.3 Å². The molecule has 1 unspecified atom stereocenters. The minimum absolute atomic E-state index is 0.124. The van der Waals surface area contributed by atoms with Crippen molar-refractivity contribution in [1.82, 2.24) is 9.62 Å². The molecule has 1 fully saturated rings. The minimum atomic E-state index is -3.56. The van der Waals surface area contributed by atoms with Crippen LogP contribution in [0.4, 0.5) is 5.69 Å². The number of hydrogen-bond donors (Lipinski definition) is 2. The fraction of sp³-hybridized carbons (Fsp3) is 0.391. The third kappa shape index (κ3) is 6.62. The van der Waals surface area contributed by atoms with Crippen LogP contribution in [0.25, 0.3) is 0 Å². The number of nitrogens with one attached hydrogen (secondary N) is 2. The summed E-state index contributed by atoms with van der Waals surface area (Å²) < 4.78 is 32.5. The second-order valence-electron chi connectivity index (χ2n) is 8.03. The van der Waals surface area contributed by atoms with Crippen LogP contribution in [0.15, 0.2) is 53.4 Å². The normalized spacial score (nSPS) is 17.0. The highest BCUT2D eigenvalue weighted by Crippen LogP contribution is 2.18. The molecule has 1 aliphatic rings. The summed E-state index contributed by atoms with van der Waals surface area (Å²) in [5, 5.41) is 2.81. The van der Waals surface area contributed by atoms with Gasteiger partial charge in [-0.3, -0.25) is 9.69 Å². The van der Waals surface area contributed by atoms with Crippen LogP contribution in [0.5, 0.6) is 0 Å². The van der Waals surface area contributed by atoms with Crippen molar-refractivity contribution in [1.29, 1.82) is 0 Å². The van der Waals surface area contributed by atoms with E-state index < -0.39 is 16.0 Å². The number of likely N-dealkylation sites (tertiary alicyclic amines) is 1. The zero-order chi connectivity index (χ0) is 23.1. The Labute approximate surface area is 189 Å². The number of anilines is 1. The first-order valence-electron chi connectivity index (χ1n) is 10.5. The summed E-state index contributed by atoms with van der Waals surface area (Å²) in [6, 6.07) is 13.3. The number of rotatable bonds is 8. The Bertz CT molecular complexity index is 1050. The van der Waals surface area contributed by atoms with Gasteiger partial charge in [-0.1, -0.05) is 23.8 Å². The molecule has 1 amide bonds. The first kappa shape index (κ1) is 23.9. The molecule has 2 N–H and O–H groups in total. The van der Waals surface area contributed by atoms with Crippen LogP contribution < -0.4 is 10.0 Å². The van der Waals surface area contributed by atoms with E-state index in [2.05, 4.69) is 10.0 Å². The molecule has 0 saturated carbocycles. The molecule has 8 nitrogen and oxygen atoms in total. The average Bonchev–Trinajstić information content (AvgIpc) is 2.78. The van der Waals surface area contributed by atoms with E-state index in [4.69, 9.17) is 4.74 Å². The lowest BCUT2D eigenvalue weighted by molar-refractivity contribution is -0.117. The summed E-state index contributed by atoms with van der Waals surface area (Å²) in [6.07, 6.45) is 1.79. The van der Waals surface area contributed by atoms with E-state index in [1.807, 2.05) is 11.8 Å². The van der Waals surface area contributed by atoms with Crippen LogP contribution in [-0.2, 0) is 19.6 Å². The number of nitrogens with zero attached hydrogens (tertiary/aromatic N) is 1. The molecule has 0 aliphatic carbocycles. The molecule has 1 heterocycles. The van der Waals surface area contributed by atoms with Crippen molar-refractivity contribution in [2.24, 2.45) is 5.92 Å². The SMILES string of the molecule is COC(=O)c1cccc(NC(=O)CN2CCCC(CNS(=O)(=O)c3ccc(C)cc3)C2)c1. The quantitative estimate of drug-likeness (QED) is 0.588. The summed E-state index contributed by atoms with van der Waals surface area (Å²) in [7, 11) is -2.25. The Hall–Kier alpha value is -2.75. The largest absolute Gasteiger partial charge is 0.465 e. The summed E-state index contributed by atoms with van der Waals surface area (Å²) in [5.41, 5.74) is 1.89. The second kappa shape index (κ2) is 10.7. The van der Waals surface area contributed by atoms with E-state index in [0.717, 1.165) is 24.9 Å². The Balaban J connectivity index is 1.51. The molecule has 1 aliphatic heterocycles. The summed E-state index contributed by atoms with van der Waals surface area (Å²) in [5.74, 6) is -0.527. The van der Waals surface area contributed by atoms with Gasteiger partial charge in [-0.25, -0.2) is 17.9 Å². The molecule has 0 spiro atoms. The number of esters is 1. The van der Waals surface area contributed by atoms with Crippen molar-refractivity contribution in [3.05, 3.63) is 59.7 Å². The molecule has 1 atom stereocenters. The fourth-order valence-corrected chi connectivity index (χ4v) is 4.85. The van der Waals surface area contributed by atoms with Crippen LogP contribution in [0.1, 0.15) is 28.8 Å². The van der Waals surface area contributed by atoms with Crippen LogP contribution >= 0.6 is 0 Å². The maximum Gasteiger partial charge on any atom is 0.337 e. The van der Waals surface area contributed by atoms with Gasteiger partial charge in [0.2, 0.25) is 15.9 Å². The highest BCUT2D eigenvalue weighted by Gasteiger charge is 2.24. The van der Waals surface area contributed by atoms with Gasteiger partial charge >= 0.3 is 5.97 Å². The van der Waals surface area contributed by atoms with Gasteiger partial charge in [0.1, 0.15) is 0 Å². The van der Waals surface area contributed by atoms with Gasteiger partial charge in [0, 0.05) is 18.8 Å². The smallest absolute Gasteiger partial charge is 0.337 e. The molecule has 0 aromatic heterocycles. The van der Waals surface area contributed by atoms with Crippen molar-refractivity contribution >= 4 is 27.6 Å². The monoisotopic (exact) mass is 459 g/mol. The number of carbonyl (C=O) groups excluding carboxylic acids is 2. The van der Waals surface area contributed by atoms with Crippen LogP contribution in [-0.4, -0.2) is 58.5 Å². The lowest BCUT2D eigenvalue weighted by Gasteiger charge is -2.32. The number of aryl methyl sites for hydroxylation is 1. The molecular weight excluding hydrogens is 430 g/mol. The first-order valence-corrected chi connectivity index (χ1v) is 12.0. The lowest BCUT2D eigenvalue weighted by Crippen LogP contribution is -2.43. The Morgan fingerprint density at radius 3 is 2.62 bits per heavy atom. The molecule has 172 valence electrons. The maximum absolute atomic E-state index is 12.5. The maximum atomic E-state index is 12.5. The average molecular weight is 460 g/mol. The van der Waals surface area contributed by atoms with Crippen molar-refractivity contribution in [2.75, 3.05) is 38.6 Å². The Kier molecular flexibility index (Phi) is 8.00. The van der Waals surface area contributed by atoms with Crippen molar-refractivity contribution in [2.45, 2.75) is 24.7 Å². The second-order valence-corrected chi connectivity index (χ2v) is 9.80. The number of sulfonamides is 1. The van der Waals surface area contributed by atoms with Crippen LogP contribution in [0.3, 0.4) is 0 Å². The lowest BCUT2D eigenvalue weighted by atomic mass is 9.98. The number of piperidine rings is 1. The molecule has 1 saturated heterocycles. The molecule has 32 heavy (non-hydrogen) atoms. The third-order valence-corrected chi connectivity index (χ3v) is 6.87. The number of carbonyl (C=O) groups is 2. The number of benzene rings is 2. The molecule has 0 bridgehead atoms. The van der Waals surface area contributed by atoms with Gasteiger partial charge < -0.3 is 10.1 Å². The highest BCUT2D eigenvalue weighted by molar-refractivity contribution is 7.89. The summed E-state index contributed by atoms with van der Waals surface area (Å²) >= 11 is 0. The zero-order valence-electron chi connectivity index (χ0n) is 18.3. The van der Waals surface area contributed by atoms with Crippen molar-refractivity contribution in [3.63, 3.8) is 0 Å². The van der Waals surface area contributed by atoms with E-state index in [1.165, 1.54) is 7.11 Å². The van der Waals surface area contributed by atoms with E-state index in [0.29, 0.717) is 24.3 Å². The van der Waals surface area contributed by atoms with Crippen molar-refractivity contribution < 1.29 is 22.7 Å². The van der Waals surface area contributed by atoms with Crippen LogP contribution in [0, 0.1) is 12.8 Å². The number of methoxy groups -OCH3 is 1. The summed E-state index contributed by atoms with van der Waals surface area (Å²) in [4.78, 5) is 26.4. The molecule has 0 radical (unpaired) electrons. The van der Waals surface area contributed by atoms with Gasteiger partial charge in [0.05, 0.1) is 24.1 Å². The predicted octanol–water partition coefficient (Wildman–Crippen LogP) is 2.41. The topological polar surface area (TPSA) is 105 Å². The van der Waals surface area contributed by atoms with Gasteiger partial charge in [0.25, 0.3) is 0 Å². The number of amides is 1. The molecule has 9 heteroatoms. The molecular formula is C23H29N3O5S. The molecule has 2 aromatic rings. The number of hydrogen-bond acceptors (Lipinski definition) is 6. The van der Waals surface area contributed by atoms with E-state index >= 15 is 0 Å². The fourth-order valence-electron chi connectivity index (χ4n) is 3.74. The standard InChI is InChI=1S/C23H29N3O5S/c1-17-8-10-21(11-9-17)32(29,30)24-14-18-5-4-12-26(15-18)16-22(27)25-20-7-3-6-19(13-20)23(28)31-2/h3,6-11,13,18,24H,4-5,12,14-16H2,1-2H3,(H,25,27). The predicted molar refractivity (Wildman–Crippen MR) is 122 cm³/mol. The Morgan fingerprint density at radius 2 is 1.91 bits per heavy atom. The van der Waals surface area contributed by atoms with Gasteiger partial charge in [0.15, 0.2) is 0 Å². The van der Waals surface area contributed by atoms with E-state index in [1.54, 1.807) is 48.5 Å². The minimum Gasteiger partial charge on any atom is -0.465 e. The molecule has 3 rings (SSSR count). The highest BCUT2D eigenvalue weighted by atomic mass is 32.2. The third-order valence-electron chi connectivity index (χ3n) is 5.43. The van der Waals surface area contributed by atoms with Crippen LogP contribution in [0.2, 0.25) is 0 Å². The first-order chi connectivity index (χ1) is 15.3. The van der Waals surface area contributed by atoms with Crippen molar-refractivity contribution in [3.8, 4) is 0 Å². The van der Waals surface area contributed by atoms with E-state index in [9.17, 15) is 18.0 Å². The van der Waals surface area contributed by atoms with Gasteiger partial charge in [-0.15, -0.1) is 0 Å². The summed E-state index contributed by atoms with van der Waals surface area (Å²) in [6.45, 7) is 3.84.